The summed E-state index contributed by atoms with van der Waals surface area (Å²) in [6.45, 7) is 1.22. The van der Waals surface area contributed by atoms with E-state index in [-0.39, 0.29) is 17.1 Å². The van der Waals surface area contributed by atoms with Crippen LogP contribution in [0.1, 0.15) is 12.0 Å². The highest BCUT2D eigenvalue weighted by molar-refractivity contribution is 7.22. The zero-order chi connectivity index (χ0) is 21.7. The van der Waals surface area contributed by atoms with E-state index in [4.69, 9.17) is 0 Å². The number of carbonyl (C=O) groups excluding carboxylic acids is 1. The molecule has 0 saturated carbocycles. The molecule has 1 amide bonds. The molecule has 0 spiro atoms. The van der Waals surface area contributed by atoms with Crippen LogP contribution in [0.15, 0.2) is 48.5 Å². The number of halogens is 1. The van der Waals surface area contributed by atoms with E-state index < -0.39 is 10.7 Å². The Kier molecular flexibility index (Phi) is 6.86. The van der Waals surface area contributed by atoms with Crippen molar-refractivity contribution in [3.8, 4) is 0 Å². The number of thiazole rings is 1. The van der Waals surface area contributed by atoms with Crippen LogP contribution in [0.25, 0.3) is 16.3 Å². The first kappa shape index (κ1) is 21.5. The van der Waals surface area contributed by atoms with Gasteiger partial charge in [0.15, 0.2) is 5.13 Å². The lowest BCUT2D eigenvalue weighted by Gasteiger charge is -2.19. The van der Waals surface area contributed by atoms with Gasteiger partial charge in [0.25, 0.3) is 11.6 Å². The summed E-state index contributed by atoms with van der Waals surface area (Å²) in [5, 5.41) is 11.2. The van der Waals surface area contributed by atoms with E-state index in [0.717, 1.165) is 13.0 Å². The van der Waals surface area contributed by atoms with E-state index in [1.165, 1.54) is 40.5 Å². The number of rotatable bonds is 8. The van der Waals surface area contributed by atoms with Gasteiger partial charge in [-0.1, -0.05) is 17.4 Å². The zero-order valence-electron chi connectivity index (χ0n) is 16.6. The third kappa shape index (κ3) is 5.25. The Hall–Kier alpha value is -3.17. The van der Waals surface area contributed by atoms with Gasteiger partial charge in [0.1, 0.15) is 11.3 Å². The summed E-state index contributed by atoms with van der Waals surface area (Å²) in [5.41, 5.74) is 0.903. The summed E-state index contributed by atoms with van der Waals surface area (Å²) in [4.78, 5) is 31.1. The van der Waals surface area contributed by atoms with Gasteiger partial charge in [0.2, 0.25) is 0 Å². The Morgan fingerprint density at radius 2 is 1.93 bits per heavy atom. The molecular weight excluding hydrogens is 407 g/mol. The molecule has 0 atom stereocenters. The van der Waals surface area contributed by atoms with Crippen molar-refractivity contribution in [2.24, 2.45) is 0 Å². The van der Waals surface area contributed by atoms with E-state index in [0.29, 0.717) is 21.9 Å². The number of hydrogen-bond donors (Lipinski definition) is 0. The van der Waals surface area contributed by atoms with Crippen LogP contribution < -0.4 is 4.90 Å². The number of para-hydroxylation sites is 1. The van der Waals surface area contributed by atoms with Crippen LogP contribution in [-0.2, 0) is 4.79 Å². The average Bonchev–Trinajstić information content (AvgIpc) is 3.15. The number of amides is 1. The normalized spacial score (nSPS) is 11.5. The molecule has 0 N–H and O–H groups in total. The molecule has 0 aliphatic rings. The van der Waals surface area contributed by atoms with Crippen LogP contribution in [0.2, 0.25) is 0 Å². The number of fused-ring (bicyclic) bond motifs is 1. The largest absolute Gasteiger partial charge is 0.309 e. The summed E-state index contributed by atoms with van der Waals surface area (Å²) in [7, 11) is 3.90. The molecule has 156 valence electrons. The number of aromatic nitrogens is 1. The Morgan fingerprint density at radius 1 is 1.20 bits per heavy atom. The number of carbonyl (C=O) groups is 1. The van der Waals surface area contributed by atoms with Crippen LogP contribution in [0.3, 0.4) is 0 Å². The van der Waals surface area contributed by atoms with E-state index in [2.05, 4.69) is 4.98 Å². The van der Waals surface area contributed by atoms with Gasteiger partial charge in [-0.15, -0.1) is 0 Å². The quantitative estimate of drug-likeness (QED) is 0.303. The van der Waals surface area contributed by atoms with Gasteiger partial charge in [0.05, 0.1) is 9.62 Å². The molecule has 30 heavy (non-hydrogen) atoms. The molecule has 0 radical (unpaired) electrons. The average molecular weight is 428 g/mol. The highest BCUT2D eigenvalue weighted by atomic mass is 32.1. The number of hydrogen-bond acceptors (Lipinski definition) is 6. The first-order valence-corrected chi connectivity index (χ1v) is 10.1. The predicted octanol–water partition coefficient (Wildman–Crippen LogP) is 4.34. The molecular formula is C21H21FN4O3S. The summed E-state index contributed by atoms with van der Waals surface area (Å²) < 4.78 is 14.7. The molecule has 0 aliphatic carbocycles. The Bertz CT molecular complexity index is 1080. The monoisotopic (exact) mass is 428 g/mol. The van der Waals surface area contributed by atoms with Crippen LogP contribution in [0.4, 0.5) is 15.2 Å². The summed E-state index contributed by atoms with van der Waals surface area (Å²) in [5.74, 6) is -0.705. The number of anilines is 1. The molecule has 2 aromatic carbocycles. The molecule has 9 heteroatoms. The molecule has 0 saturated heterocycles. The fourth-order valence-electron chi connectivity index (χ4n) is 2.83. The maximum atomic E-state index is 14.1. The minimum Gasteiger partial charge on any atom is -0.309 e. The van der Waals surface area contributed by atoms with Crippen molar-refractivity contribution >= 4 is 44.4 Å². The topological polar surface area (TPSA) is 79.6 Å². The van der Waals surface area contributed by atoms with Crippen molar-refractivity contribution in [1.82, 2.24) is 9.88 Å². The van der Waals surface area contributed by atoms with Gasteiger partial charge in [-0.05, 0) is 63.0 Å². The van der Waals surface area contributed by atoms with E-state index >= 15 is 0 Å². The fraction of sp³-hybridized carbons (Fsp3) is 0.238. The smallest absolute Gasteiger partial charge is 0.269 e. The highest BCUT2D eigenvalue weighted by Crippen LogP contribution is 2.30. The molecule has 7 nitrogen and oxygen atoms in total. The van der Waals surface area contributed by atoms with Crippen LogP contribution >= 0.6 is 11.3 Å². The molecule has 0 unspecified atom stereocenters. The SMILES string of the molecule is CN(C)CCCN(C(=O)/C=C/c1ccc([N+](=O)[O-])cc1)c1nc2c(F)cccc2s1. The number of nitrogens with zero attached hydrogens (tertiary/aromatic N) is 4. The van der Waals surface area contributed by atoms with Gasteiger partial charge in [-0.25, -0.2) is 9.37 Å². The van der Waals surface area contributed by atoms with Crippen LogP contribution in [-0.4, -0.2) is 47.9 Å². The first-order chi connectivity index (χ1) is 14.3. The maximum absolute atomic E-state index is 14.1. The number of benzene rings is 2. The molecule has 3 aromatic rings. The Labute approximate surface area is 177 Å². The lowest BCUT2D eigenvalue weighted by molar-refractivity contribution is -0.384. The first-order valence-electron chi connectivity index (χ1n) is 9.29. The summed E-state index contributed by atoms with van der Waals surface area (Å²) >= 11 is 1.27. The zero-order valence-corrected chi connectivity index (χ0v) is 17.4. The van der Waals surface area contributed by atoms with Gasteiger partial charge in [-0.2, -0.15) is 0 Å². The Balaban J connectivity index is 1.83. The summed E-state index contributed by atoms with van der Waals surface area (Å²) in [6.07, 6.45) is 3.72. The second-order valence-electron chi connectivity index (χ2n) is 6.91. The molecule has 0 aliphatic heterocycles. The van der Waals surface area contributed by atoms with Gasteiger partial charge in [-0.3, -0.25) is 19.8 Å². The fourth-order valence-corrected chi connectivity index (χ4v) is 3.84. The molecule has 1 aromatic heterocycles. The number of nitro groups is 1. The minimum atomic E-state index is -0.475. The van der Waals surface area contributed by atoms with Crippen molar-refractivity contribution in [3.63, 3.8) is 0 Å². The van der Waals surface area contributed by atoms with Crippen molar-refractivity contribution < 1.29 is 14.1 Å². The maximum Gasteiger partial charge on any atom is 0.269 e. The second-order valence-corrected chi connectivity index (χ2v) is 7.92. The van der Waals surface area contributed by atoms with Crippen LogP contribution in [0.5, 0.6) is 0 Å². The molecule has 0 bridgehead atoms. The molecule has 1 heterocycles. The van der Waals surface area contributed by atoms with E-state index in [1.54, 1.807) is 30.3 Å². The van der Waals surface area contributed by atoms with Gasteiger partial charge < -0.3 is 4.90 Å². The van der Waals surface area contributed by atoms with Crippen LogP contribution in [0, 0.1) is 15.9 Å². The van der Waals surface area contributed by atoms with Crippen molar-refractivity contribution in [1.29, 1.82) is 0 Å². The Morgan fingerprint density at radius 3 is 2.57 bits per heavy atom. The molecule has 0 fully saturated rings. The van der Waals surface area contributed by atoms with E-state index in [9.17, 15) is 19.3 Å². The van der Waals surface area contributed by atoms with Gasteiger partial charge in [0, 0.05) is 24.8 Å². The van der Waals surface area contributed by atoms with E-state index in [1.807, 2.05) is 19.0 Å². The second kappa shape index (κ2) is 9.55. The van der Waals surface area contributed by atoms with Crippen molar-refractivity contribution in [2.45, 2.75) is 6.42 Å². The van der Waals surface area contributed by atoms with Gasteiger partial charge >= 0.3 is 0 Å². The predicted molar refractivity (Wildman–Crippen MR) is 117 cm³/mol. The number of non-ortho nitro benzene ring substituents is 1. The standard InChI is InChI=1S/C21H21FN4O3S/c1-24(2)13-4-14-25(21-23-20-17(22)5-3-6-18(20)30-21)19(27)12-9-15-7-10-16(11-8-15)26(28)29/h3,5-12H,4,13-14H2,1-2H3/b12-9+. The van der Waals surface area contributed by atoms with Crippen molar-refractivity contribution in [3.05, 3.63) is 70.0 Å². The van der Waals surface area contributed by atoms with Crippen molar-refractivity contribution in [2.75, 3.05) is 32.1 Å². The number of nitro benzene ring substituents is 1. The third-order valence-corrected chi connectivity index (χ3v) is 5.41. The highest BCUT2D eigenvalue weighted by Gasteiger charge is 2.19. The lowest BCUT2D eigenvalue weighted by Crippen LogP contribution is -2.32. The molecule has 3 rings (SSSR count). The minimum absolute atomic E-state index is 0.0136. The lowest BCUT2D eigenvalue weighted by atomic mass is 10.2. The third-order valence-electron chi connectivity index (χ3n) is 4.36. The summed E-state index contributed by atoms with van der Waals surface area (Å²) in [6, 6.07) is 10.7.